The van der Waals surface area contributed by atoms with Gasteiger partial charge in [0.05, 0.1) is 0 Å². The van der Waals surface area contributed by atoms with Crippen LogP contribution in [0.3, 0.4) is 0 Å². The molecule has 0 aromatic rings. The topological polar surface area (TPSA) is 12.0 Å². The Bertz CT molecular complexity index is 190. The summed E-state index contributed by atoms with van der Waals surface area (Å²) in [7, 11) is 0. The van der Waals surface area contributed by atoms with Crippen LogP contribution in [-0.2, 0) is 0 Å². The lowest BCUT2D eigenvalue weighted by Crippen LogP contribution is -2.42. The Balaban J connectivity index is 1.85. The molecule has 0 aliphatic heterocycles. The molecular formula is C14H27N. The SMILES string of the molecule is CC1CCCCCC1NC1CCCC1C. The summed E-state index contributed by atoms with van der Waals surface area (Å²) in [4.78, 5) is 0. The number of rotatable bonds is 2. The standard InChI is InChI=1S/C14H27N/c1-11-7-4-3-5-9-13(11)15-14-10-6-8-12(14)2/h11-15H,3-10H2,1-2H3. The third kappa shape index (κ3) is 2.96. The molecule has 2 saturated carbocycles. The summed E-state index contributed by atoms with van der Waals surface area (Å²) in [6, 6.07) is 1.65. The van der Waals surface area contributed by atoms with E-state index in [2.05, 4.69) is 19.2 Å². The van der Waals surface area contributed by atoms with Gasteiger partial charge < -0.3 is 5.32 Å². The van der Waals surface area contributed by atoms with Gasteiger partial charge in [0, 0.05) is 12.1 Å². The fraction of sp³-hybridized carbons (Fsp3) is 1.00. The molecule has 2 aliphatic carbocycles. The van der Waals surface area contributed by atoms with E-state index in [0.717, 1.165) is 23.9 Å². The molecule has 0 saturated heterocycles. The molecule has 1 heteroatoms. The van der Waals surface area contributed by atoms with Crippen LogP contribution in [0, 0.1) is 11.8 Å². The van der Waals surface area contributed by atoms with Crippen LogP contribution in [0.15, 0.2) is 0 Å². The van der Waals surface area contributed by atoms with E-state index in [-0.39, 0.29) is 0 Å². The molecule has 0 amide bonds. The maximum Gasteiger partial charge on any atom is 0.00953 e. The highest BCUT2D eigenvalue weighted by molar-refractivity contribution is 4.86. The van der Waals surface area contributed by atoms with Crippen LogP contribution >= 0.6 is 0 Å². The van der Waals surface area contributed by atoms with Crippen molar-refractivity contribution in [2.45, 2.75) is 77.3 Å². The van der Waals surface area contributed by atoms with Gasteiger partial charge in [-0.05, 0) is 37.5 Å². The highest BCUT2D eigenvalue weighted by atomic mass is 15.0. The second-order valence-electron chi connectivity index (χ2n) is 5.90. The third-order valence-corrected chi connectivity index (χ3v) is 4.65. The van der Waals surface area contributed by atoms with Gasteiger partial charge in [-0.1, -0.05) is 39.5 Å². The van der Waals surface area contributed by atoms with Gasteiger partial charge >= 0.3 is 0 Å². The lowest BCUT2D eigenvalue weighted by molar-refractivity contribution is 0.294. The van der Waals surface area contributed by atoms with Crippen molar-refractivity contribution in [2.24, 2.45) is 11.8 Å². The van der Waals surface area contributed by atoms with Gasteiger partial charge in [0.2, 0.25) is 0 Å². The van der Waals surface area contributed by atoms with Gasteiger partial charge in [0.25, 0.3) is 0 Å². The van der Waals surface area contributed by atoms with E-state index in [4.69, 9.17) is 0 Å². The normalized spacial score (nSPS) is 42.8. The highest BCUT2D eigenvalue weighted by Gasteiger charge is 2.28. The van der Waals surface area contributed by atoms with Crippen molar-refractivity contribution in [3.63, 3.8) is 0 Å². The van der Waals surface area contributed by atoms with E-state index in [1.54, 1.807) is 0 Å². The average molecular weight is 209 g/mol. The smallest absolute Gasteiger partial charge is 0.00953 e. The molecule has 4 unspecified atom stereocenters. The molecular weight excluding hydrogens is 182 g/mol. The number of nitrogens with one attached hydrogen (secondary N) is 1. The fourth-order valence-electron chi connectivity index (χ4n) is 3.41. The van der Waals surface area contributed by atoms with Crippen molar-refractivity contribution in [1.29, 1.82) is 0 Å². The first-order valence-electron chi connectivity index (χ1n) is 7.03. The summed E-state index contributed by atoms with van der Waals surface area (Å²) in [5.41, 5.74) is 0. The third-order valence-electron chi connectivity index (χ3n) is 4.65. The number of hydrogen-bond acceptors (Lipinski definition) is 1. The van der Waals surface area contributed by atoms with Crippen LogP contribution in [0.5, 0.6) is 0 Å². The van der Waals surface area contributed by atoms with E-state index in [9.17, 15) is 0 Å². The second kappa shape index (κ2) is 5.34. The Labute approximate surface area is 95.0 Å². The van der Waals surface area contributed by atoms with Gasteiger partial charge in [-0.15, -0.1) is 0 Å². The van der Waals surface area contributed by atoms with Crippen LogP contribution in [-0.4, -0.2) is 12.1 Å². The molecule has 2 rings (SSSR count). The summed E-state index contributed by atoms with van der Waals surface area (Å²) in [5, 5.41) is 3.96. The van der Waals surface area contributed by atoms with Crippen LogP contribution in [0.25, 0.3) is 0 Å². The van der Waals surface area contributed by atoms with Crippen molar-refractivity contribution >= 4 is 0 Å². The van der Waals surface area contributed by atoms with E-state index >= 15 is 0 Å². The largest absolute Gasteiger partial charge is 0.311 e. The van der Waals surface area contributed by atoms with Crippen molar-refractivity contribution < 1.29 is 0 Å². The molecule has 2 aliphatic rings. The predicted octanol–water partition coefficient (Wildman–Crippen LogP) is 3.73. The fourth-order valence-corrected chi connectivity index (χ4v) is 3.41. The molecule has 2 fully saturated rings. The molecule has 0 aromatic heterocycles. The molecule has 0 radical (unpaired) electrons. The van der Waals surface area contributed by atoms with Crippen LogP contribution < -0.4 is 5.32 Å². The summed E-state index contributed by atoms with van der Waals surface area (Å²) in [5.74, 6) is 1.82. The Morgan fingerprint density at radius 1 is 0.667 bits per heavy atom. The molecule has 1 nitrogen and oxygen atoms in total. The first kappa shape index (κ1) is 11.4. The molecule has 0 spiro atoms. The molecule has 1 N–H and O–H groups in total. The summed E-state index contributed by atoms with van der Waals surface area (Å²) >= 11 is 0. The Morgan fingerprint density at radius 2 is 1.20 bits per heavy atom. The highest BCUT2D eigenvalue weighted by Crippen LogP contribution is 2.29. The van der Waals surface area contributed by atoms with E-state index < -0.39 is 0 Å². The quantitative estimate of drug-likeness (QED) is 0.683. The molecule has 88 valence electrons. The first-order valence-corrected chi connectivity index (χ1v) is 7.03. The van der Waals surface area contributed by atoms with Crippen molar-refractivity contribution in [3.8, 4) is 0 Å². The van der Waals surface area contributed by atoms with Crippen molar-refractivity contribution in [2.75, 3.05) is 0 Å². The zero-order valence-electron chi connectivity index (χ0n) is 10.5. The monoisotopic (exact) mass is 209 g/mol. The Hall–Kier alpha value is -0.0400. The lowest BCUT2D eigenvalue weighted by Gasteiger charge is -2.28. The number of hydrogen-bond donors (Lipinski definition) is 1. The second-order valence-corrected chi connectivity index (χ2v) is 5.90. The zero-order valence-corrected chi connectivity index (χ0v) is 10.5. The minimum Gasteiger partial charge on any atom is -0.311 e. The summed E-state index contributed by atoms with van der Waals surface area (Å²) in [6.45, 7) is 4.87. The predicted molar refractivity (Wildman–Crippen MR) is 66.0 cm³/mol. The lowest BCUT2D eigenvalue weighted by atomic mass is 9.94. The van der Waals surface area contributed by atoms with Gasteiger partial charge in [-0.25, -0.2) is 0 Å². The Morgan fingerprint density at radius 3 is 1.80 bits per heavy atom. The van der Waals surface area contributed by atoms with Gasteiger partial charge in [0.15, 0.2) is 0 Å². The maximum absolute atomic E-state index is 3.96. The molecule has 15 heavy (non-hydrogen) atoms. The van der Waals surface area contributed by atoms with Gasteiger partial charge in [-0.2, -0.15) is 0 Å². The summed E-state index contributed by atoms with van der Waals surface area (Å²) < 4.78 is 0. The maximum atomic E-state index is 3.96. The van der Waals surface area contributed by atoms with Crippen LogP contribution in [0.1, 0.15) is 65.2 Å². The van der Waals surface area contributed by atoms with Crippen molar-refractivity contribution in [1.82, 2.24) is 5.32 Å². The van der Waals surface area contributed by atoms with Gasteiger partial charge in [0.1, 0.15) is 0 Å². The molecule has 4 atom stereocenters. The molecule has 0 heterocycles. The van der Waals surface area contributed by atoms with E-state index in [1.807, 2.05) is 0 Å². The zero-order chi connectivity index (χ0) is 10.7. The minimum absolute atomic E-state index is 0.818. The first-order chi connectivity index (χ1) is 7.27. The average Bonchev–Trinajstić information content (AvgIpc) is 2.50. The molecule has 0 bridgehead atoms. The van der Waals surface area contributed by atoms with Crippen molar-refractivity contribution in [3.05, 3.63) is 0 Å². The summed E-state index contributed by atoms with van der Waals surface area (Å²) in [6.07, 6.45) is 11.5. The van der Waals surface area contributed by atoms with E-state index in [1.165, 1.54) is 51.4 Å². The Kier molecular flexibility index (Phi) is 4.07. The van der Waals surface area contributed by atoms with Crippen LogP contribution in [0.4, 0.5) is 0 Å². The van der Waals surface area contributed by atoms with E-state index in [0.29, 0.717) is 0 Å². The minimum atomic E-state index is 0.818. The molecule has 0 aromatic carbocycles. The van der Waals surface area contributed by atoms with Gasteiger partial charge in [-0.3, -0.25) is 0 Å². The van der Waals surface area contributed by atoms with Crippen LogP contribution in [0.2, 0.25) is 0 Å².